The summed E-state index contributed by atoms with van der Waals surface area (Å²) in [4.78, 5) is 0. The van der Waals surface area contributed by atoms with E-state index in [-0.39, 0.29) is 11.8 Å². The van der Waals surface area contributed by atoms with Gasteiger partial charge in [0.05, 0.1) is 0 Å². The van der Waals surface area contributed by atoms with E-state index >= 15 is 0 Å². The van der Waals surface area contributed by atoms with E-state index in [9.17, 15) is 13.2 Å². The zero-order chi connectivity index (χ0) is 13.9. The number of alkyl halides is 3. The fourth-order valence-electron chi connectivity index (χ4n) is 1.47. The van der Waals surface area contributed by atoms with Crippen LogP contribution in [0, 0.1) is 16.7 Å². The summed E-state index contributed by atoms with van der Waals surface area (Å²) < 4.78 is 34.8. The van der Waals surface area contributed by atoms with Crippen LogP contribution in [0.3, 0.4) is 0 Å². The predicted octanol–water partition coefficient (Wildman–Crippen LogP) is 5.82. The molecule has 0 unspecified atom stereocenters. The van der Waals surface area contributed by atoms with Crippen molar-refractivity contribution in [3.8, 4) is 0 Å². The minimum Gasteiger partial charge on any atom is -0.171 e. The number of halogens is 3. The Morgan fingerprint density at radius 3 is 1.29 bits per heavy atom. The number of hydrogen-bond acceptors (Lipinski definition) is 0. The molecule has 0 N–H and O–H groups in total. The van der Waals surface area contributed by atoms with E-state index in [0.717, 1.165) is 5.92 Å². The fourth-order valence-corrected chi connectivity index (χ4v) is 1.47. The Labute approximate surface area is 104 Å². The second kappa shape index (κ2) is 5.62. The van der Waals surface area contributed by atoms with Crippen molar-refractivity contribution in [1.29, 1.82) is 0 Å². The maximum atomic E-state index is 11.6. The minimum atomic E-state index is -3.99. The van der Waals surface area contributed by atoms with E-state index < -0.39 is 12.6 Å². The van der Waals surface area contributed by atoms with Crippen LogP contribution in [0.5, 0.6) is 0 Å². The third kappa shape index (κ3) is 12.0. The molecule has 1 aliphatic rings. The third-order valence-corrected chi connectivity index (χ3v) is 2.96. The molecule has 0 spiro atoms. The van der Waals surface area contributed by atoms with Crippen molar-refractivity contribution in [3.63, 3.8) is 0 Å². The summed E-state index contributed by atoms with van der Waals surface area (Å²) in [5, 5.41) is 0. The highest BCUT2D eigenvalue weighted by Crippen LogP contribution is 2.44. The molecule has 17 heavy (non-hydrogen) atoms. The highest BCUT2D eigenvalue weighted by atomic mass is 19.4. The molecule has 104 valence electrons. The summed E-state index contributed by atoms with van der Waals surface area (Å²) in [7, 11) is 0. The Morgan fingerprint density at radius 2 is 1.24 bits per heavy atom. The van der Waals surface area contributed by atoms with Crippen LogP contribution >= 0.6 is 0 Å². The third-order valence-electron chi connectivity index (χ3n) is 2.96. The van der Waals surface area contributed by atoms with Crippen molar-refractivity contribution < 1.29 is 13.2 Å². The Morgan fingerprint density at radius 1 is 0.824 bits per heavy atom. The Kier molecular flexibility index (Phi) is 5.55. The van der Waals surface area contributed by atoms with E-state index in [1.54, 1.807) is 20.8 Å². The lowest BCUT2D eigenvalue weighted by Gasteiger charge is -2.18. The van der Waals surface area contributed by atoms with Gasteiger partial charge in [-0.1, -0.05) is 41.5 Å². The zero-order valence-corrected chi connectivity index (χ0v) is 12.0. The van der Waals surface area contributed by atoms with Gasteiger partial charge < -0.3 is 0 Å². The van der Waals surface area contributed by atoms with Gasteiger partial charge in [0.1, 0.15) is 0 Å². The molecule has 0 aliphatic heterocycles. The molecule has 0 heterocycles. The van der Waals surface area contributed by atoms with E-state index in [2.05, 4.69) is 20.8 Å². The topological polar surface area (TPSA) is 0 Å². The molecule has 0 aromatic carbocycles. The Balaban J connectivity index is 0.000000318. The van der Waals surface area contributed by atoms with Gasteiger partial charge in [-0.15, -0.1) is 0 Å². The average Bonchev–Trinajstić information content (AvgIpc) is 2.79. The quantitative estimate of drug-likeness (QED) is 0.551. The molecular weight excluding hydrogens is 225 g/mol. The molecule has 0 nitrogen and oxygen atoms in total. The maximum absolute atomic E-state index is 11.6. The monoisotopic (exact) mass is 252 g/mol. The normalized spacial score (nSPS) is 17.5. The van der Waals surface area contributed by atoms with Gasteiger partial charge in [-0.05, 0) is 36.0 Å². The Hall–Kier alpha value is -0.210. The molecule has 0 saturated heterocycles. The van der Waals surface area contributed by atoms with Crippen molar-refractivity contribution in [1.82, 2.24) is 0 Å². The lowest BCUT2D eigenvalue weighted by atomic mass is 9.90. The van der Waals surface area contributed by atoms with Crippen LogP contribution in [0.15, 0.2) is 0 Å². The van der Waals surface area contributed by atoms with Crippen LogP contribution < -0.4 is 0 Å². The second-order valence-electron chi connectivity index (χ2n) is 7.32. The van der Waals surface area contributed by atoms with Gasteiger partial charge in [0.25, 0.3) is 0 Å². The van der Waals surface area contributed by atoms with Gasteiger partial charge in [-0.25, -0.2) is 0 Å². The lowest BCUT2D eigenvalue weighted by Crippen LogP contribution is -2.13. The summed E-state index contributed by atoms with van der Waals surface area (Å²) in [6.45, 7) is 12.4. The van der Waals surface area contributed by atoms with Crippen LogP contribution in [0.25, 0.3) is 0 Å². The first-order chi connectivity index (χ1) is 7.31. The Bertz CT molecular complexity index is 197. The van der Waals surface area contributed by atoms with Crippen LogP contribution in [0.1, 0.15) is 67.2 Å². The molecular formula is C14H27F3. The predicted molar refractivity (Wildman–Crippen MR) is 66.9 cm³/mol. The maximum Gasteiger partial charge on any atom is 0.389 e. The minimum absolute atomic E-state index is 0.205. The van der Waals surface area contributed by atoms with E-state index in [0.29, 0.717) is 5.41 Å². The molecule has 0 bridgehead atoms. The first-order valence-corrected chi connectivity index (χ1v) is 6.38. The molecule has 0 aromatic rings. The van der Waals surface area contributed by atoms with Gasteiger partial charge in [-0.3, -0.25) is 0 Å². The molecule has 0 atom stereocenters. The van der Waals surface area contributed by atoms with Crippen LogP contribution in [-0.2, 0) is 0 Å². The average molecular weight is 252 g/mol. The first kappa shape index (κ1) is 16.8. The molecule has 1 rings (SSSR count). The lowest BCUT2D eigenvalue weighted by molar-refractivity contribution is -0.139. The van der Waals surface area contributed by atoms with E-state index in [1.165, 1.54) is 12.8 Å². The van der Waals surface area contributed by atoms with Crippen molar-refractivity contribution in [3.05, 3.63) is 0 Å². The highest BCUT2D eigenvalue weighted by Gasteiger charge is 2.33. The van der Waals surface area contributed by atoms with Gasteiger partial charge in [0, 0.05) is 6.42 Å². The number of hydrogen-bond donors (Lipinski definition) is 0. The number of rotatable bonds is 1. The summed E-state index contributed by atoms with van der Waals surface area (Å²) in [6.07, 6.45) is -1.51. The van der Waals surface area contributed by atoms with Crippen molar-refractivity contribution in [2.45, 2.75) is 73.4 Å². The van der Waals surface area contributed by atoms with Crippen molar-refractivity contribution in [2.75, 3.05) is 0 Å². The van der Waals surface area contributed by atoms with E-state index in [4.69, 9.17) is 0 Å². The zero-order valence-electron chi connectivity index (χ0n) is 12.0. The summed E-state index contributed by atoms with van der Waals surface area (Å²) in [5.41, 5.74) is 0.398. The van der Waals surface area contributed by atoms with Gasteiger partial charge >= 0.3 is 6.18 Å². The van der Waals surface area contributed by atoms with Crippen molar-refractivity contribution >= 4 is 0 Å². The van der Waals surface area contributed by atoms with Crippen LogP contribution in [-0.4, -0.2) is 6.18 Å². The standard InChI is InChI=1S/C7H13F3.C7H14/c1-6(2,3)4-5-7(8,9)10;1-7(2,3)6-4-5-6/h4-5H2,1-3H3;6H,4-5H2,1-3H3. The van der Waals surface area contributed by atoms with Gasteiger partial charge in [0.2, 0.25) is 0 Å². The van der Waals surface area contributed by atoms with Crippen LogP contribution in [0.2, 0.25) is 0 Å². The second-order valence-corrected chi connectivity index (χ2v) is 7.32. The highest BCUT2D eigenvalue weighted by molar-refractivity contribution is 4.84. The SMILES string of the molecule is CC(C)(C)C1CC1.CC(C)(C)CCC(F)(F)F. The molecule has 1 aliphatic carbocycles. The van der Waals surface area contributed by atoms with Crippen molar-refractivity contribution in [2.24, 2.45) is 16.7 Å². The molecule has 0 aromatic heterocycles. The smallest absolute Gasteiger partial charge is 0.171 e. The largest absolute Gasteiger partial charge is 0.389 e. The van der Waals surface area contributed by atoms with Crippen LogP contribution in [0.4, 0.5) is 13.2 Å². The van der Waals surface area contributed by atoms with Gasteiger partial charge in [-0.2, -0.15) is 13.2 Å². The molecule has 3 heteroatoms. The summed E-state index contributed by atoms with van der Waals surface area (Å²) >= 11 is 0. The molecule has 1 fully saturated rings. The molecule has 1 saturated carbocycles. The summed E-state index contributed by atoms with van der Waals surface area (Å²) in [5.74, 6) is 1.05. The molecule has 0 amide bonds. The molecule has 0 radical (unpaired) electrons. The first-order valence-electron chi connectivity index (χ1n) is 6.38. The van der Waals surface area contributed by atoms with Gasteiger partial charge in [0.15, 0.2) is 0 Å². The fraction of sp³-hybridized carbons (Fsp3) is 1.00. The van der Waals surface area contributed by atoms with E-state index in [1.807, 2.05) is 0 Å². The summed E-state index contributed by atoms with van der Waals surface area (Å²) in [6, 6.07) is 0.